The Labute approximate surface area is 145 Å². The topological polar surface area (TPSA) is 49.3 Å². The number of aryl methyl sites for hydroxylation is 1. The Hall–Kier alpha value is -2.41. The van der Waals surface area contributed by atoms with Gasteiger partial charge in [-0.1, -0.05) is 6.07 Å². The van der Waals surface area contributed by atoms with Gasteiger partial charge in [0.1, 0.15) is 17.3 Å². The van der Waals surface area contributed by atoms with Crippen molar-refractivity contribution in [3.05, 3.63) is 59.2 Å². The summed E-state index contributed by atoms with van der Waals surface area (Å²) in [5, 5.41) is 0. The van der Waals surface area contributed by atoms with Gasteiger partial charge in [-0.15, -0.1) is 0 Å². The van der Waals surface area contributed by atoms with Crippen molar-refractivity contribution in [3.8, 4) is 0 Å². The third kappa shape index (κ3) is 3.82. The van der Waals surface area contributed by atoms with Crippen LogP contribution in [-0.4, -0.2) is 51.9 Å². The first-order chi connectivity index (χ1) is 12.0. The standard InChI is InChI=1S/C18H20F2N4O/c1-12-10-22-17(11-21-12)18(25)24-7-5-23(6-8-24)13(2)15-4-3-14(19)9-16(15)20/h3-4,9-11,13H,5-8H2,1-2H3/t13-/m0/s1. The van der Waals surface area contributed by atoms with E-state index in [1.807, 2.05) is 13.8 Å². The van der Waals surface area contributed by atoms with E-state index >= 15 is 0 Å². The van der Waals surface area contributed by atoms with E-state index in [1.165, 1.54) is 18.3 Å². The van der Waals surface area contributed by atoms with E-state index in [9.17, 15) is 13.6 Å². The SMILES string of the molecule is Cc1cnc(C(=O)N2CCN([C@@H](C)c3ccc(F)cc3F)CC2)cn1. The van der Waals surface area contributed by atoms with Gasteiger partial charge in [-0.25, -0.2) is 13.8 Å². The smallest absolute Gasteiger partial charge is 0.274 e. The Bertz CT molecular complexity index is 758. The van der Waals surface area contributed by atoms with Crippen molar-refractivity contribution in [2.45, 2.75) is 19.9 Å². The average molecular weight is 346 g/mol. The fraction of sp³-hybridized carbons (Fsp3) is 0.389. The van der Waals surface area contributed by atoms with Crippen LogP contribution >= 0.6 is 0 Å². The molecular formula is C18H20F2N4O. The molecule has 1 fully saturated rings. The van der Waals surface area contributed by atoms with Gasteiger partial charge in [-0.05, 0) is 19.9 Å². The number of carbonyl (C=O) groups is 1. The van der Waals surface area contributed by atoms with Gasteiger partial charge in [-0.2, -0.15) is 0 Å². The number of halogens is 2. The van der Waals surface area contributed by atoms with Gasteiger partial charge >= 0.3 is 0 Å². The molecule has 0 saturated carbocycles. The molecule has 1 aromatic carbocycles. The minimum absolute atomic E-state index is 0.146. The second-order valence-corrected chi connectivity index (χ2v) is 6.21. The highest BCUT2D eigenvalue weighted by atomic mass is 19.1. The Morgan fingerprint density at radius 3 is 2.44 bits per heavy atom. The molecule has 0 radical (unpaired) electrons. The van der Waals surface area contributed by atoms with Gasteiger partial charge in [0, 0.05) is 50.0 Å². The van der Waals surface area contributed by atoms with Gasteiger partial charge in [0.2, 0.25) is 0 Å². The van der Waals surface area contributed by atoms with E-state index in [-0.39, 0.29) is 11.9 Å². The third-order valence-electron chi connectivity index (χ3n) is 4.56. The maximum atomic E-state index is 14.0. The number of hydrogen-bond acceptors (Lipinski definition) is 4. The van der Waals surface area contributed by atoms with E-state index in [2.05, 4.69) is 14.9 Å². The number of nitrogens with zero attached hydrogens (tertiary/aromatic N) is 4. The van der Waals surface area contributed by atoms with Crippen LogP contribution in [0.4, 0.5) is 8.78 Å². The van der Waals surface area contributed by atoms with Crippen molar-refractivity contribution in [3.63, 3.8) is 0 Å². The normalized spacial score (nSPS) is 16.7. The Morgan fingerprint density at radius 1 is 1.12 bits per heavy atom. The first kappa shape index (κ1) is 17.4. The van der Waals surface area contributed by atoms with Gasteiger partial charge in [0.05, 0.1) is 11.9 Å². The number of hydrogen-bond donors (Lipinski definition) is 0. The number of carbonyl (C=O) groups excluding carboxylic acids is 1. The van der Waals surface area contributed by atoms with E-state index in [0.717, 1.165) is 11.8 Å². The average Bonchev–Trinajstić information content (AvgIpc) is 2.61. The van der Waals surface area contributed by atoms with Crippen LogP contribution in [0.5, 0.6) is 0 Å². The van der Waals surface area contributed by atoms with Crippen LogP contribution in [-0.2, 0) is 0 Å². The largest absolute Gasteiger partial charge is 0.335 e. The van der Waals surface area contributed by atoms with Crippen molar-refractivity contribution in [2.75, 3.05) is 26.2 Å². The van der Waals surface area contributed by atoms with Crippen molar-refractivity contribution in [1.82, 2.24) is 19.8 Å². The van der Waals surface area contributed by atoms with Crippen molar-refractivity contribution >= 4 is 5.91 Å². The van der Waals surface area contributed by atoms with Crippen LogP contribution in [0.2, 0.25) is 0 Å². The van der Waals surface area contributed by atoms with Gasteiger partial charge in [0.15, 0.2) is 0 Å². The van der Waals surface area contributed by atoms with Crippen LogP contribution in [0.1, 0.15) is 34.7 Å². The zero-order valence-corrected chi connectivity index (χ0v) is 14.2. The number of amides is 1. The molecule has 2 aromatic rings. The summed E-state index contributed by atoms with van der Waals surface area (Å²) in [6.45, 7) is 5.99. The van der Waals surface area contributed by atoms with E-state index < -0.39 is 11.6 Å². The number of aromatic nitrogens is 2. The summed E-state index contributed by atoms with van der Waals surface area (Å²) in [5.41, 5.74) is 1.55. The predicted octanol–water partition coefficient (Wildman–Crippen LogP) is 2.58. The number of benzene rings is 1. The molecule has 1 aliphatic rings. The van der Waals surface area contributed by atoms with Gasteiger partial charge in [-0.3, -0.25) is 14.7 Å². The molecule has 1 aromatic heterocycles. The zero-order valence-electron chi connectivity index (χ0n) is 14.2. The highest BCUT2D eigenvalue weighted by Gasteiger charge is 2.27. The molecule has 5 nitrogen and oxygen atoms in total. The molecule has 0 spiro atoms. The van der Waals surface area contributed by atoms with Crippen LogP contribution in [0.3, 0.4) is 0 Å². The molecule has 0 N–H and O–H groups in total. The molecule has 3 rings (SSSR count). The maximum absolute atomic E-state index is 14.0. The minimum Gasteiger partial charge on any atom is -0.335 e. The summed E-state index contributed by atoms with van der Waals surface area (Å²) < 4.78 is 27.0. The number of piperazine rings is 1. The summed E-state index contributed by atoms with van der Waals surface area (Å²) >= 11 is 0. The first-order valence-corrected chi connectivity index (χ1v) is 8.22. The lowest BCUT2D eigenvalue weighted by atomic mass is 10.1. The van der Waals surface area contributed by atoms with E-state index in [1.54, 1.807) is 11.1 Å². The van der Waals surface area contributed by atoms with Gasteiger partial charge < -0.3 is 4.90 Å². The third-order valence-corrected chi connectivity index (χ3v) is 4.56. The summed E-state index contributed by atoms with van der Waals surface area (Å²) in [6.07, 6.45) is 3.06. The Morgan fingerprint density at radius 2 is 1.84 bits per heavy atom. The van der Waals surface area contributed by atoms with Crippen LogP contribution < -0.4 is 0 Å². The molecule has 0 unspecified atom stereocenters. The Kier molecular flexibility index (Phi) is 5.03. The summed E-state index contributed by atoms with van der Waals surface area (Å²) in [4.78, 5) is 24.5. The van der Waals surface area contributed by atoms with Gasteiger partial charge in [0.25, 0.3) is 5.91 Å². The Balaban J connectivity index is 1.63. The fourth-order valence-corrected chi connectivity index (χ4v) is 3.01. The summed E-state index contributed by atoms with van der Waals surface area (Å²) in [7, 11) is 0. The quantitative estimate of drug-likeness (QED) is 0.857. The molecule has 132 valence electrons. The lowest BCUT2D eigenvalue weighted by molar-refractivity contribution is 0.0573. The zero-order chi connectivity index (χ0) is 18.0. The van der Waals surface area contributed by atoms with Crippen molar-refractivity contribution in [2.24, 2.45) is 0 Å². The lowest BCUT2D eigenvalue weighted by Crippen LogP contribution is -2.49. The summed E-state index contributed by atoms with van der Waals surface area (Å²) in [6, 6.07) is 3.47. The predicted molar refractivity (Wildman–Crippen MR) is 89.0 cm³/mol. The lowest BCUT2D eigenvalue weighted by Gasteiger charge is -2.38. The van der Waals surface area contributed by atoms with Crippen LogP contribution in [0.15, 0.2) is 30.6 Å². The maximum Gasteiger partial charge on any atom is 0.274 e. The molecule has 0 bridgehead atoms. The highest BCUT2D eigenvalue weighted by Crippen LogP contribution is 2.24. The van der Waals surface area contributed by atoms with Crippen LogP contribution in [0.25, 0.3) is 0 Å². The molecule has 1 saturated heterocycles. The molecule has 1 aliphatic heterocycles. The number of rotatable bonds is 3. The second kappa shape index (κ2) is 7.23. The molecule has 1 amide bonds. The fourth-order valence-electron chi connectivity index (χ4n) is 3.01. The molecule has 7 heteroatoms. The molecule has 25 heavy (non-hydrogen) atoms. The summed E-state index contributed by atoms with van der Waals surface area (Å²) in [5.74, 6) is -1.27. The van der Waals surface area contributed by atoms with E-state index in [0.29, 0.717) is 37.4 Å². The first-order valence-electron chi connectivity index (χ1n) is 8.22. The second-order valence-electron chi connectivity index (χ2n) is 6.21. The minimum atomic E-state index is -0.580. The molecule has 2 heterocycles. The molecule has 1 atom stereocenters. The highest BCUT2D eigenvalue weighted by molar-refractivity contribution is 5.92. The van der Waals surface area contributed by atoms with E-state index in [4.69, 9.17) is 0 Å². The monoisotopic (exact) mass is 346 g/mol. The van der Waals surface area contributed by atoms with Crippen LogP contribution in [0, 0.1) is 18.6 Å². The van der Waals surface area contributed by atoms with Crippen molar-refractivity contribution < 1.29 is 13.6 Å². The van der Waals surface area contributed by atoms with Crippen molar-refractivity contribution in [1.29, 1.82) is 0 Å². The molecular weight excluding hydrogens is 326 g/mol. The molecule has 0 aliphatic carbocycles.